The molecule has 20 heavy (non-hydrogen) atoms. The summed E-state index contributed by atoms with van der Waals surface area (Å²) in [6.45, 7) is 4.69. The maximum Gasteiger partial charge on any atom is 0.127 e. The van der Waals surface area contributed by atoms with Crippen molar-refractivity contribution in [3.63, 3.8) is 0 Å². The van der Waals surface area contributed by atoms with Crippen LogP contribution in [0.2, 0.25) is 0 Å². The molecule has 0 aliphatic heterocycles. The van der Waals surface area contributed by atoms with Crippen molar-refractivity contribution in [2.75, 3.05) is 0 Å². The lowest BCUT2D eigenvalue weighted by molar-refractivity contribution is 0.166. The van der Waals surface area contributed by atoms with Gasteiger partial charge in [-0.3, -0.25) is 4.68 Å². The lowest BCUT2D eigenvalue weighted by atomic mass is 10.0. The van der Waals surface area contributed by atoms with Crippen LogP contribution >= 0.6 is 15.9 Å². The van der Waals surface area contributed by atoms with Crippen molar-refractivity contribution in [1.82, 2.24) is 9.78 Å². The molecule has 1 unspecified atom stereocenters. The van der Waals surface area contributed by atoms with Crippen LogP contribution in [-0.2, 0) is 19.4 Å². The van der Waals surface area contributed by atoms with E-state index in [1.165, 1.54) is 6.07 Å². The van der Waals surface area contributed by atoms with E-state index >= 15 is 0 Å². The van der Waals surface area contributed by atoms with Gasteiger partial charge in [-0.25, -0.2) is 4.39 Å². The number of rotatable bonds is 5. The molecule has 2 aromatic rings. The van der Waals surface area contributed by atoms with Gasteiger partial charge in [0.15, 0.2) is 0 Å². The Morgan fingerprint density at radius 2 is 2.10 bits per heavy atom. The summed E-state index contributed by atoms with van der Waals surface area (Å²) in [7, 11) is 0. The van der Waals surface area contributed by atoms with Gasteiger partial charge in [-0.05, 0) is 37.1 Å². The van der Waals surface area contributed by atoms with Crippen LogP contribution in [0, 0.1) is 5.82 Å². The normalized spacial score (nSPS) is 12.7. The summed E-state index contributed by atoms with van der Waals surface area (Å²) in [6.07, 6.45) is 0.311. The van der Waals surface area contributed by atoms with E-state index in [-0.39, 0.29) is 12.2 Å². The van der Waals surface area contributed by atoms with Crippen LogP contribution in [0.4, 0.5) is 4.39 Å². The van der Waals surface area contributed by atoms with Crippen LogP contribution in [0.1, 0.15) is 36.9 Å². The molecule has 0 fully saturated rings. The fourth-order valence-electron chi connectivity index (χ4n) is 2.18. The van der Waals surface area contributed by atoms with Gasteiger partial charge < -0.3 is 5.11 Å². The fraction of sp³-hybridized carbons (Fsp3) is 0.400. The Balaban J connectivity index is 2.23. The van der Waals surface area contributed by atoms with E-state index < -0.39 is 6.10 Å². The van der Waals surface area contributed by atoms with Crippen LogP contribution in [-0.4, -0.2) is 14.9 Å². The van der Waals surface area contributed by atoms with Gasteiger partial charge in [-0.15, -0.1) is 0 Å². The zero-order valence-electron chi connectivity index (χ0n) is 11.6. The van der Waals surface area contributed by atoms with Crippen LogP contribution in [0.5, 0.6) is 0 Å². The Hall–Kier alpha value is -1.20. The lowest BCUT2D eigenvalue weighted by Gasteiger charge is -2.13. The lowest BCUT2D eigenvalue weighted by Crippen LogP contribution is -2.10. The number of aliphatic hydroxyl groups is 1. The summed E-state index contributed by atoms with van der Waals surface area (Å²) in [5, 5.41) is 14.8. The molecule has 0 aliphatic rings. The molecule has 3 nitrogen and oxygen atoms in total. The molecule has 0 saturated carbocycles. The molecule has 1 N–H and O–H groups in total. The first kappa shape index (κ1) is 15.2. The number of aryl methyl sites for hydroxylation is 2. The zero-order chi connectivity index (χ0) is 14.7. The van der Waals surface area contributed by atoms with Crippen molar-refractivity contribution in [2.24, 2.45) is 0 Å². The van der Waals surface area contributed by atoms with Gasteiger partial charge in [0.25, 0.3) is 0 Å². The molecule has 1 atom stereocenters. The first-order valence-electron chi connectivity index (χ1n) is 6.73. The van der Waals surface area contributed by atoms with Crippen molar-refractivity contribution in [3.05, 3.63) is 51.5 Å². The third-order valence-electron chi connectivity index (χ3n) is 3.29. The summed E-state index contributed by atoms with van der Waals surface area (Å²) >= 11 is 3.23. The topological polar surface area (TPSA) is 38.0 Å². The molecule has 1 heterocycles. The number of halogens is 2. The van der Waals surface area contributed by atoms with E-state index in [9.17, 15) is 9.50 Å². The van der Waals surface area contributed by atoms with E-state index in [0.29, 0.717) is 16.6 Å². The Morgan fingerprint density at radius 1 is 1.35 bits per heavy atom. The minimum absolute atomic E-state index is 0.244. The molecule has 0 amide bonds. The van der Waals surface area contributed by atoms with Crippen molar-refractivity contribution < 1.29 is 9.50 Å². The summed E-state index contributed by atoms with van der Waals surface area (Å²) in [4.78, 5) is 0. The van der Waals surface area contributed by atoms with Gasteiger partial charge in [-0.1, -0.05) is 28.9 Å². The predicted molar refractivity (Wildman–Crippen MR) is 80.0 cm³/mol. The molecule has 108 valence electrons. The molecule has 0 radical (unpaired) electrons. The maximum atomic E-state index is 13.8. The van der Waals surface area contributed by atoms with E-state index in [2.05, 4.69) is 21.0 Å². The zero-order valence-corrected chi connectivity index (χ0v) is 13.2. The second-order valence-electron chi connectivity index (χ2n) is 4.69. The second kappa shape index (κ2) is 6.50. The average Bonchev–Trinajstić information content (AvgIpc) is 2.85. The largest absolute Gasteiger partial charge is 0.386 e. The van der Waals surface area contributed by atoms with E-state index in [1.54, 1.807) is 16.8 Å². The van der Waals surface area contributed by atoms with Gasteiger partial charge in [-0.2, -0.15) is 5.10 Å². The summed E-state index contributed by atoms with van der Waals surface area (Å²) in [5.74, 6) is -0.309. The number of aromatic nitrogens is 2. The molecule has 1 aromatic heterocycles. The molecule has 2 rings (SSSR count). The van der Waals surface area contributed by atoms with E-state index in [4.69, 9.17) is 0 Å². The van der Waals surface area contributed by atoms with Gasteiger partial charge in [0.2, 0.25) is 0 Å². The molecule has 0 saturated heterocycles. The third kappa shape index (κ3) is 3.27. The fourth-order valence-corrected chi connectivity index (χ4v) is 2.51. The highest BCUT2D eigenvalue weighted by atomic mass is 79.9. The first-order chi connectivity index (χ1) is 9.55. The Kier molecular flexibility index (Phi) is 4.94. The Bertz CT molecular complexity index is 598. The maximum absolute atomic E-state index is 13.8. The van der Waals surface area contributed by atoms with E-state index in [0.717, 1.165) is 17.8 Å². The standard InChI is InChI=1S/C15H18BrFN2O/c1-3-12-9-14(19(4-2)18-12)15(20)7-10-5-6-11(16)8-13(10)17/h5-6,8-9,15,20H,3-4,7H2,1-2H3. The van der Waals surface area contributed by atoms with Crippen molar-refractivity contribution in [3.8, 4) is 0 Å². The molecule has 0 spiro atoms. The first-order valence-corrected chi connectivity index (χ1v) is 7.53. The minimum Gasteiger partial charge on any atom is -0.386 e. The quantitative estimate of drug-likeness (QED) is 0.902. The highest BCUT2D eigenvalue weighted by Gasteiger charge is 2.17. The smallest absolute Gasteiger partial charge is 0.127 e. The number of aliphatic hydroxyl groups excluding tert-OH is 1. The number of nitrogens with zero attached hydrogens (tertiary/aromatic N) is 2. The van der Waals surface area contributed by atoms with Crippen LogP contribution in [0.25, 0.3) is 0 Å². The van der Waals surface area contributed by atoms with Gasteiger partial charge in [0.1, 0.15) is 5.82 Å². The Morgan fingerprint density at radius 3 is 2.70 bits per heavy atom. The van der Waals surface area contributed by atoms with E-state index in [1.807, 2.05) is 19.9 Å². The molecular formula is C15H18BrFN2O. The number of benzene rings is 1. The summed E-state index contributed by atoms with van der Waals surface area (Å²) < 4.78 is 16.3. The van der Waals surface area contributed by atoms with Gasteiger partial charge in [0, 0.05) is 17.4 Å². The van der Waals surface area contributed by atoms with Gasteiger partial charge >= 0.3 is 0 Å². The minimum atomic E-state index is -0.751. The molecule has 1 aromatic carbocycles. The van der Waals surface area contributed by atoms with Crippen LogP contribution < -0.4 is 0 Å². The molecule has 0 aliphatic carbocycles. The monoisotopic (exact) mass is 340 g/mol. The second-order valence-corrected chi connectivity index (χ2v) is 5.60. The van der Waals surface area contributed by atoms with Crippen molar-refractivity contribution in [2.45, 2.75) is 39.3 Å². The van der Waals surface area contributed by atoms with Crippen LogP contribution in [0.15, 0.2) is 28.7 Å². The van der Waals surface area contributed by atoms with Gasteiger partial charge in [0.05, 0.1) is 17.5 Å². The number of hydrogen-bond acceptors (Lipinski definition) is 2. The average molecular weight is 341 g/mol. The highest BCUT2D eigenvalue weighted by Crippen LogP contribution is 2.23. The predicted octanol–water partition coefficient (Wildman–Crippen LogP) is 3.64. The SMILES string of the molecule is CCc1cc(C(O)Cc2ccc(Br)cc2F)n(CC)n1. The molecule has 0 bridgehead atoms. The number of hydrogen-bond donors (Lipinski definition) is 1. The van der Waals surface area contributed by atoms with Crippen molar-refractivity contribution >= 4 is 15.9 Å². The Labute approximate surface area is 126 Å². The summed E-state index contributed by atoms with van der Waals surface area (Å²) in [6, 6.07) is 6.78. The summed E-state index contributed by atoms with van der Waals surface area (Å²) in [5.41, 5.74) is 2.19. The van der Waals surface area contributed by atoms with Crippen molar-refractivity contribution in [1.29, 1.82) is 0 Å². The molecule has 5 heteroatoms. The van der Waals surface area contributed by atoms with Crippen LogP contribution in [0.3, 0.4) is 0 Å². The highest BCUT2D eigenvalue weighted by molar-refractivity contribution is 9.10. The molecular weight excluding hydrogens is 323 g/mol. The third-order valence-corrected chi connectivity index (χ3v) is 3.79.